The van der Waals surface area contributed by atoms with Crippen molar-refractivity contribution in [3.8, 4) is 0 Å². The van der Waals surface area contributed by atoms with Gasteiger partial charge in [0.1, 0.15) is 6.54 Å². The SMILES string of the molecule is CC(C(=O)Nc1ccc([N+](=O)[O-])cc1)N1CCC(C(=O)NCC(F)(F)F)CC1. The molecule has 28 heavy (non-hydrogen) atoms. The van der Waals surface area contributed by atoms with Crippen LogP contribution < -0.4 is 10.6 Å². The quantitative estimate of drug-likeness (QED) is 0.561. The van der Waals surface area contributed by atoms with Gasteiger partial charge < -0.3 is 10.6 Å². The lowest BCUT2D eigenvalue weighted by Gasteiger charge is -2.34. The third-order valence-corrected chi connectivity index (χ3v) is 4.64. The zero-order valence-electron chi connectivity index (χ0n) is 15.2. The number of hydrogen-bond donors (Lipinski definition) is 2. The van der Waals surface area contributed by atoms with E-state index in [1.165, 1.54) is 24.3 Å². The van der Waals surface area contributed by atoms with Crippen LogP contribution in [0.15, 0.2) is 24.3 Å². The molecule has 2 amide bonds. The molecule has 1 aromatic rings. The highest BCUT2D eigenvalue weighted by Gasteiger charge is 2.32. The fourth-order valence-corrected chi connectivity index (χ4v) is 2.96. The Labute approximate surface area is 159 Å². The molecular formula is C17H21F3N4O4. The molecule has 0 aromatic heterocycles. The minimum absolute atomic E-state index is 0.0862. The first-order valence-corrected chi connectivity index (χ1v) is 8.70. The molecular weight excluding hydrogens is 381 g/mol. The van der Waals surface area contributed by atoms with Crippen molar-refractivity contribution in [3.05, 3.63) is 34.4 Å². The van der Waals surface area contributed by atoms with E-state index >= 15 is 0 Å². The van der Waals surface area contributed by atoms with Crippen molar-refractivity contribution >= 4 is 23.2 Å². The number of benzene rings is 1. The van der Waals surface area contributed by atoms with E-state index in [1.807, 2.05) is 10.2 Å². The summed E-state index contributed by atoms with van der Waals surface area (Å²) in [6.07, 6.45) is -3.72. The molecule has 1 heterocycles. The molecule has 154 valence electrons. The van der Waals surface area contributed by atoms with Gasteiger partial charge in [-0.25, -0.2) is 0 Å². The summed E-state index contributed by atoms with van der Waals surface area (Å²) >= 11 is 0. The number of carbonyl (C=O) groups is 2. The topological polar surface area (TPSA) is 105 Å². The van der Waals surface area contributed by atoms with Crippen molar-refractivity contribution in [2.24, 2.45) is 5.92 Å². The van der Waals surface area contributed by atoms with Crippen molar-refractivity contribution in [2.45, 2.75) is 32.0 Å². The Morgan fingerprint density at radius 3 is 2.32 bits per heavy atom. The average molecular weight is 402 g/mol. The first-order valence-electron chi connectivity index (χ1n) is 8.70. The number of likely N-dealkylation sites (tertiary alicyclic amines) is 1. The Morgan fingerprint density at radius 1 is 1.25 bits per heavy atom. The summed E-state index contributed by atoms with van der Waals surface area (Å²) in [5.41, 5.74) is 0.334. The van der Waals surface area contributed by atoms with E-state index in [0.717, 1.165) is 0 Å². The first kappa shape index (κ1) is 21.6. The first-order chi connectivity index (χ1) is 13.1. The van der Waals surface area contributed by atoms with Gasteiger partial charge in [0.25, 0.3) is 5.69 Å². The maximum atomic E-state index is 12.4. The second kappa shape index (κ2) is 9.00. The number of carbonyl (C=O) groups excluding carboxylic acids is 2. The number of nitrogens with one attached hydrogen (secondary N) is 2. The van der Waals surface area contributed by atoms with Crippen LogP contribution in [-0.2, 0) is 9.59 Å². The van der Waals surface area contributed by atoms with Crippen LogP contribution in [0.3, 0.4) is 0 Å². The Bertz CT molecular complexity index is 716. The highest BCUT2D eigenvalue weighted by Crippen LogP contribution is 2.21. The van der Waals surface area contributed by atoms with Crippen LogP contribution in [-0.4, -0.2) is 53.5 Å². The van der Waals surface area contributed by atoms with Gasteiger partial charge in [0.05, 0.1) is 11.0 Å². The summed E-state index contributed by atoms with van der Waals surface area (Å²) in [4.78, 5) is 36.1. The lowest BCUT2D eigenvalue weighted by molar-refractivity contribution is -0.384. The molecule has 0 spiro atoms. The largest absolute Gasteiger partial charge is 0.405 e. The molecule has 2 N–H and O–H groups in total. The predicted octanol–water partition coefficient (Wildman–Crippen LogP) is 2.31. The van der Waals surface area contributed by atoms with Gasteiger partial charge in [-0.15, -0.1) is 0 Å². The number of alkyl halides is 3. The minimum atomic E-state index is -4.44. The van der Waals surface area contributed by atoms with Crippen molar-refractivity contribution in [1.82, 2.24) is 10.2 Å². The van der Waals surface area contributed by atoms with Gasteiger partial charge in [0, 0.05) is 23.7 Å². The second-order valence-electron chi connectivity index (χ2n) is 6.61. The Morgan fingerprint density at radius 2 is 1.82 bits per heavy atom. The summed E-state index contributed by atoms with van der Waals surface area (Å²) in [5.74, 6) is -1.45. The third kappa shape index (κ3) is 6.19. The molecule has 1 aliphatic heterocycles. The van der Waals surface area contributed by atoms with Crippen molar-refractivity contribution in [2.75, 3.05) is 25.0 Å². The lowest BCUT2D eigenvalue weighted by atomic mass is 9.95. The van der Waals surface area contributed by atoms with E-state index < -0.39 is 35.5 Å². The predicted molar refractivity (Wildman–Crippen MR) is 94.5 cm³/mol. The van der Waals surface area contributed by atoms with Crippen molar-refractivity contribution in [3.63, 3.8) is 0 Å². The number of hydrogen-bond acceptors (Lipinski definition) is 5. The number of piperidine rings is 1. The zero-order chi connectivity index (χ0) is 20.9. The second-order valence-corrected chi connectivity index (χ2v) is 6.61. The molecule has 0 saturated carbocycles. The van der Waals surface area contributed by atoms with Crippen LogP contribution >= 0.6 is 0 Å². The molecule has 0 radical (unpaired) electrons. The van der Waals surface area contributed by atoms with Crippen molar-refractivity contribution < 1.29 is 27.7 Å². The Kier molecular flexibility index (Phi) is 6.95. The standard InChI is InChI=1S/C17H21F3N4O4/c1-11(15(25)22-13-2-4-14(5-3-13)24(27)28)23-8-6-12(7-9-23)16(26)21-10-17(18,19)20/h2-5,11-12H,6-10H2,1H3,(H,21,26)(H,22,25). The number of non-ortho nitro benzene ring substituents is 1. The molecule has 0 aliphatic carbocycles. The molecule has 2 rings (SSSR count). The number of rotatable bonds is 6. The number of nitro groups is 1. The number of amides is 2. The lowest BCUT2D eigenvalue weighted by Crippen LogP contribution is -2.48. The molecule has 1 fully saturated rings. The number of halogens is 3. The van der Waals surface area contributed by atoms with Crippen LogP contribution in [0.25, 0.3) is 0 Å². The van der Waals surface area contributed by atoms with E-state index in [4.69, 9.17) is 0 Å². The fourth-order valence-electron chi connectivity index (χ4n) is 2.96. The van der Waals surface area contributed by atoms with E-state index in [2.05, 4.69) is 5.32 Å². The van der Waals surface area contributed by atoms with E-state index in [1.54, 1.807) is 6.92 Å². The molecule has 1 aliphatic rings. The maximum absolute atomic E-state index is 12.4. The minimum Gasteiger partial charge on any atom is -0.347 e. The summed E-state index contributed by atoms with van der Waals surface area (Å²) in [5, 5.41) is 15.2. The molecule has 1 atom stereocenters. The average Bonchev–Trinajstić information content (AvgIpc) is 2.65. The van der Waals surface area contributed by atoms with Gasteiger partial charge in [-0.2, -0.15) is 13.2 Å². The molecule has 1 aromatic carbocycles. The smallest absolute Gasteiger partial charge is 0.347 e. The van der Waals surface area contributed by atoms with E-state index in [9.17, 15) is 32.9 Å². The van der Waals surface area contributed by atoms with E-state index in [-0.39, 0.29) is 11.6 Å². The van der Waals surface area contributed by atoms with Crippen LogP contribution in [0, 0.1) is 16.0 Å². The van der Waals surface area contributed by atoms with Gasteiger partial charge >= 0.3 is 6.18 Å². The summed E-state index contributed by atoms with van der Waals surface area (Å²) < 4.78 is 36.5. The van der Waals surface area contributed by atoms with Gasteiger partial charge in [0.2, 0.25) is 11.8 Å². The monoisotopic (exact) mass is 402 g/mol. The van der Waals surface area contributed by atoms with Gasteiger partial charge in [-0.1, -0.05) is 0 Å². The fraction of sp³-hybridized carbons (Fsp3) is 0.529. The summed E-state index contributed by atoms with van der Waals surface area (Å²) in [6.45, 7) is 1.14. The van der Waals surface area contributed by atoms with Gasteiger partial charge in [0.15, 0.2) is 0 Å². The van der Waals surface area contributed by atoms with Crippen LogP contribution in [0.2, 0.25) is 0 Å². The van der Waals surface area contributed by atoms with Gasteiger partial charge in [-0.3, -0.25) is 24.6 Å². The Balaban J connectivity index is 1.82. The number of nitrogens with zero attached hydrogens (tertiary/aromatic N) is 2. The summed E-state index contributed by atoms with van der Waals surface area (Å²) in [6, 6.07) is 4.91. The zero-order valence-corrected chi connectivity index (χ0v) is 15.2. The molecule has 1 saturated heterocycles. The number of nitro benzene ring substituents is 1. The number of anilines is 1. The maximum Gasteiger partial charge on any atom is 0.405 e. The highest BCUT2D eigenvalue weighted by molar-refractivity contribution is 5.94. The molecule has 11 heteroatoms. The van der Waals surface area contributed by atoms with Crippen molar-refractivity contribution in [1.29, 1.82) is 0 Å². The molecule has 8 nitrogen and oxygen atoms in total. The van der Waals surface area contributed by atoms with Gasteiger partial charge in [-0.05, 0) is 45.0 Å². The summed E-state index contributed by atoms with van der Waals surface area (Å²) in [7, 11) is 0. The normalized spacial score (nSPS) is 17.0. The van der Waals surface area contributed by atoms with Crippen LogP contribution in [0.4, 0.5) is 24.5 Å². The highest BCUT2D eigenvalue weighted by atomic mass is 19.4. The van der Waals surface area contributed by atoms with Crippen LogP contribution in [0.1, 0.15) is 19.8 Å². The van der Waals surface area contributed by atoms with Crippen LogP contribution in [0.5, 0.6) is 0 Å². The molecule has 0 bridgehead atoms. The third-order valence-electron chi connectivity index (χ3n) is 4.64. The Hall–Kier alpha value is -2.69. The molecule has 1 unspecified atom stereocenters. The van der Waals surface area contributed by atoms with E-state index in [0.29, 0.717) is 31.6 Å².